The molecular weight excluding hydrogens is 304 g/mol. The highest BCUT2D eigenvalue weighted by Crippen LogP contribution is 2.45. The van der Waals surface area contributed by atoms with Gasteiger partial charge in [0.2, 0.25) is 0 Å². The summed E-state index contributed by atoms with van der Waals surface area (Å²) in [5, 5.41) is 0. The highest BCUT2D eigenvalue weighted by molar-refractivity contribution is 9.10. The zero-order chi connectivity index (χ0) is 13.3. The van der Waals surface area contributed by atoms with Gasteiger partial charge < -0.3 is 10.2 Å². The predicted molar refractivity (Wildman–Crippen MR) is 80.0 cm³/mol. The van der Waals surface area contributed by atoms with Crippen molar-refractivity contribution in [1.29, 1.82) is 0 Å². The van der Waals surface area contributed by atoms with E-state index in [0.29, 0.717) is 0 Å². The molecule has 0 radical (unpaired) electrons. The molecule has 1 aliphatic carbocycles. The molecule has 2 fully saturated rings. The van der Waals surface area contributed by atoms with Crippen molar-refractivity contribution in [1.82, 2.24) is 4.90 Å². The minimum absolute atomic E-state index is 0.0162. The van der Waals surface area contributed by atoms with E-state index in [-0.39, 0.29) is 11.6 Å². The summed E-state index contributed by atoms with van der Waals surface area (Å²) in [5.74, 6) is 0.924. The van der Waals surface area contributed by atoms with Crippen molar-refractivity contribution in [3.05, 3.63) is 22.6 Å². The molecule has 0 amide bonds. The molecule has 1 aromatic rings. The fraction of sp³-hybridized carbons (Fsp3) is 0.733. The predicted octanol–water partition coefficient (Wildman–Crippen LogP) is 3.84. The second-order valence-corrected chi connectivity index (χ2v) is 6.82. The Morgan fingerprint density at radius 3 is 2.42 bits per heavy atom. The summed E-state index contributed by atoms with van der Waals surface area (Å²) >= 11 is 3.57. The maximum atomic E-state index is 6.65. The van der Waals surface area contributed by atoms with Crippen molar-refractivity contribution in [2.75, 3.05) is 13.1 Å². The minimum atomic E-state index is -0.0162. The Balaban J connectivity index is 1.89. The van der Waals surface area contributed by atoms with E-state index in [2.05, 4.69) is 20.8 Å². The van der Waals surface area contributed by atoms with Crippen molar-refractivity contribution in [2.45, 2.75) is 56.5 Å². The molecule has 4 heteroatoms. The molecule has 1 atom stereocenters. The number of furan rings is 1. The number of hydrogen-bond donors (Lipinski definition) is 1. The summed E-state index contributed by atoms with van der Waals surface area (Å²) in [6.45, 7) is 2.40. The molecule has 2 N–H and O–H groups in total. The summed E-state index contributed by atoms with van der Waals surface area (Å²) in [4.78, 5) is 2.66. The Morgan fingerprint density at radius 2 is 1.84 bits per heavy atom. The van der Waals surface area contributed by atoms with E-state index in [1.54, 1.807) is 6.26 Å². The third-order valence-electron chi connectivity index (χ3n) is 4.96. The third kappa shape index (κ3) is 2.39. The van der Waals surface area contributed by atoms with Crippen LogP contribution in [0.4, 0.5) is 0 Å². The SMILES string of the molecule is NC(c1occc1Br)C1(N2CCCCC2)CCCC1. The summed E-state index contributed by atoms with van der Waals surface area (Å²) in [7, 11) is 0. The first kappa shape index (κ1) is 13.7. The van der Waals surface area contributed by atoms with Crippen molar-refractivity contribution < 1.29 is 4.42 Å². The molecule has 19 heavy (non-hydrogen) atoms. The lowest BCUT2D eigenvalue weighted by atomic mass is 9.83. The highest BCUT2D eigenvalue weighted by Gasteiger charge is 2.46. The van der Waals surface area contributed by atoms with Gasteiger partial charge in [-0.3, -0.25) is 4.90 Å². The van der Waals surface area contributed by atoms with Crippen LogP contribution in [0, 0.1) is 0 Å². The average Bonchev–Trinajstić information content (AvgIpc) is 3.08. The number of likely N-dealkylation sites (tertiary alicyclic amines) is 1. The average molecular weight is 327 g/mol. The van der Waals surface area contributed by atoms with Crippen LogP contribution < -0.4 is 5.73 Å². The molecule has 0 spiro atoms. The van der Waals surface area contributed by atoms with Gasteiger partial charge in [-0.05, 0) is 60.8 Å². The smallest absolute Gasteiger partial charge is 0.136 e. The molecule has 2 aliphatic rings. The van der Waals surface area contributed by atoms with Crippen LogP contribution in [0.3, 0.4) is 0 Å². The lowest BCUT2D eigenvalue weighted by Crippen LogP contribution is -2.55. The quantitative estimate of drug-likeness (QED) is 0.917. The van der Waals surface area contributed by atoms with Gasteiger partial charge in [0.15, 0.2) is 0 Å². The van der Waals surface area contributed by atoms with Gasteiger partial charge in [0, 0.05) is 5.54 Å². The number of nitrogens with two attached hydrogens (primary N) is 1. The first-order valence-electron chi connectivity index (χ1n) is 7.47. The molecule has 1 aliphatic heterocycles. The molecule has 0 aromatic carbocycles. The van der Waals surface area contributed by atoms with E-state index >= 15 is 0 Å². The van der Waals surface area contributed by atoms with E-state index in [1.165, 1.54) is 58.0 Å². The van der Waals surface area contributed by atoms with E-state index in [9.17, 15) is 0 Å². The molecule has 0 bridgehead atoms. The van der Waals surface area contributed by atoms with Gasteiger partial charge in [-0.1, -0.05) is 19.3 Å². The van der Waals surface area contributed by atoms with Crippen LogP contribution in [0.1, 0.15) is 56.7 Å². The molecule has 1 unspecified atom stereocenters. The lowest BCUT2D eigenvalue weighted by molar-refractivity contribution is 0.0416. The number of hydrogen-bond acceptors (Lipinski definition) is 3. The van der Waals surface area contributed by atoms with Gasteiger partial charge in [0.25, 0.3) is 0 Å². The number of halogens is 1. The number of nitrogens with zero attached hydrogens (tertiary/aromatic N) is 1. The largest absolute Gasteiger partial charge is 0.466 e. The summed E-state index contributed by atoms with van der Waals surface area (Å²) < 4.78 is 6.67. The van der Waals surface area contributed by atoms with Crippen molar-refractivity contribution in [3.63, 3.8) is 0 Å². The highest BCUT2D eigenvalue weighted by atomic mass is 79.9. The maximum Gasteiger partial charge on any atom is 0.136 e. The summed E-state index contributed by atoms with van der Waals surface area (Å²) in [5.41, 5.74) is 6.77. The monoisotopic (exact) mass is 326 g/mol. The zero-order valence-electron chi connectivity index (χ0n) is 11.4. The fourth-order valence-corrected chi connectivity index (χ4v) is 4.37. The molecule has 3 nitrogen and oxygen atoms in total. The van der Waals surface area contributed by atoms with Crippen LogP contribution >= 0.6 is 15.9 Å². The number of rotatable bonds is 3. The summed E-state index contributed by atoms with van der Waals surface area (Å²) in [6.07, 6.45) is 10.7. The molecule has 2 heterocycles. The summed E-state index contributed by atoms with van der Waals surface area (Å²) in [6, 6.07) is 1.94. The topological polar surface area (TPSA) is 42.4 Å². The molecule has 1 aromatic heterocycles. The molecule has 1 saturated carbocycles. The fourth-order valence-electron chi connectivity index (χ4n) is 3.92. The van der Waals surface area contributed by atoms with E-state index in [1.807, 2.05) is 6.07 Å². The van der Waals surface area contributed by atoms with E-state index in [0.717, 1.165) is 10.2 Å². The van der Waals surface area contributed by atoms with Crippen molar-refractivity contribution in [2.24, 2.45) is 5.73 Å². The van der Waals surface area contributed by atoms with Crippen molar-refractivity contribution in [3.8, 4) is 0 Å². The van der Waals surface area contributed by atoms with E-state index in [4.69, 9.17) is 10.2 Å². The minimum Gasteiger partial charge on any atom is -0.466 e. The molecule has 3 rings (SSSR count). The van der Waals surface area contributed by atoms with Crippen LogP contribution in [-0.2, 0) is 0 Å². The normalized spacial score (nSPS) is 25.6. The standard InChI is InChI=1S/C15H23BrN2O/c16-12-6-11-19-13(12)14(17)15(7-2-3-8-15)18-9-4-1-5-10-18/h6,11,14H,1-5,7-10,17H2. The van der Waals surface area contributed by atoms with Gasteiger partial charge in [-0.25, -0.2) is 0 Å². The lowest BCUT2D eigenvalue weighted by Gasteiger charge is -2.46. The number of piperidine rings is 1. The molecular formula is C15H23BrN2O. The second kappa shape index (κ2) is 5.58. The van der Waals surface area contributed by atoms with Crippen LogP contribution in [-0.4, -0.2) is 23.5 Å². The Kier molecular flexibility index (Phi) is 4.01. The third-order valence-corrected chi connectivity index (χ3v) is 5.62. The van der Waals surface area contributed by atoms with Crippen LogP contribution in [0.15, 0.2) is 21.2 Å². The Morgan fingerprint density at radius 1 is 1.16 bits per heavy atom. The van der Waals surface area contributed by atoms with Gasteiger partial charge in [-0.15, -0.1) is 0 Å². The van der Waals surface area contributed by atoms with Gasteiger partial charge in [-0.2, -0.15) is 0 Å². The van der Waals surface area contributed by atoms with E-state index < -0.39 is 0 Å². The first-order valence-corrected chi connectivity index (χ1v) is 8.27. The van der Waals surface area contributed by atoms with Crippen LogP contribution in [0.2, 0.25) is 0 Å². The Bertz CT molecular complexity index is 420. The van der Waals surface area contributed by atoms with Gasteiger partial charge in [0.05, 0.1) is 16.8 Å². The Labute approximate surface area is 123 Å². The molecule has 1 saturated heterocycles. The zero-order valence-corrected chi connectivity index (χ0v) is 13.0. The first-order chi connectivity index (χ1) is 9.24. The van der Waals surface area contributed by atoms with Crippen molar-refractivity contribution >= 4 is 15.9 Å². The van der Waals surface area contributed by atoms with Gasteiger partial charge in [0.1, 0.15) is 5.76 Å². The maximum absolute atomic E-state index is 6.65. The van der Waals surface area contributed by atoms with Crippen LogP contribution in [0.25, 0.3) is 0 Å². The molecule has 106 valence electrons. The Hall–Kier alpha value is -0.320. The van der Waals surface area contributed by atoms with Gasteiger partial charge >= 0.3 is 0 Å². The van der Waals surface area contributed by atoms with Crippen LogP contribution in [0.5, 0.6) is 0 Å². The second-order valence-electron chi connectivity index (χ2n) is 5.97.